The van der Waals surface area contributed by atoms with Gasteiger partial charge in [0.2, 0.25) is 0 Å². The van der Waals surface area contributed by atoms with Crippen LogP contribution in [-0.2, 0) is 4.74 Å². The maximum Gasteiger partial charge on any atom is 0.411 e. The van der Waals surface area contributed by atoms with Gasteiger partial charge in [0.25, 0.3) is 0 Å². The van der Waals surface area contributed by atoms with Crippen LogP contribution in [0.5, 0.6) is 0 Å². The van der Waals surface area contributed by atoms with E-state index in [1.54, 1.807) is 0 Å². The minimum absolute atomic E-state index is 0.194. The number of hydrogen-bond acceptors (Lipinski definition) is 3. The first kappa shape index (κ1) is 16.0. The average molecular weight is 294 g/mol. The molecule has 6 heteroatoms. The van der Waals surface area contributed by atoms with Gasteiger partial charge >= 0.3 is 6.18 Å². The lowest BCUT2D eigenvalue weighted by molar-refractivity contribution is -0.174. The van der Waals surface area contributed by atoms with Gasteiger partial charge in [0, 0.05) is 19.2 Å². The molecule has 2 fully saturated rings. The Morgan fingerprint density at radius 3 is 2.40 bits per heavy atom. The molecule has 20 heavy (non-hydrogen) atoms. The van der Waals surface area contributed by atoms with Crippen molar-refractivity contribution in [2.75, 3.05) is 39.4 Å². The lowest BCUT2D eigenvalue weighted by Crippen LogP contribution is -2.43. The summed E-state index contributed by atoms with van der Waals surface area (Å²) in [6, 6.07) is 0.633. The number of rotatable bonds is 8. The van der Waals surface area contributed by atoms with E-state index in [4.69, 9.17) is 0 Å². The molecule has 118 valence electrons. The molecule has 1 saturated carbocycles. The first-order chi connectivity index (χ1) is 9.53. The first-order valence-electron chi connectivity index (χ1n) is 7.63. The van der Waals surface area contributed by atoms with Crippen molar-refractivity contribution in [3.63, 3.8) is 0 Å². The molecule has 1 N–H and O–H groups in total. The fraction of sp³-hybridized carbons (Fsp3) is 1.00. The number of hydrogen-bond donors (Lipinski definition) is 1. The Labute approximate surface area is 118 Å². The molecule has 0 unspecified atom stereocenters. The molecule has 0 aromatic rings. The Morgan fingerprint density at radius 1 is 1.10 bits per heavy atom. The van der Waals surface area contributed by atoms with E-state index >= 15 is 0 Å². The quantitative estimate of drug-likeness (QED) is 0.696. The van der Waals surface area contributed by atoms with Crippen molar-refractivity contribution in [1.82, 2.24) is 10.2 Å². The van der Waals surface area contributed by atoms with Crippen LogP contribution in [0.1, 0.15) is 32.1 Å². The number of halogens is 3. The molecule has 0 radical (unpaired) electrons. The zero-order chi connectivity index (χ0) is 14.4. The zero-order valence-electron chi connectivity index (χ0n) is 11.9. The molecule has 1 saturated heterocycles. The molecule has 0 amide bonds. The van der Waals surface area contributed by atoms with Crippen molar-refractivity contribution < 1.29 is 17.9 Å². The second-order valence-corrected chi connectivity index (χ2v) is 5.99. The van der Waals surface area contributed by atoms with E-state index in [-0.39, 0.29) is 6.61 Å². The van der Waals surface area contributed by atoms with Gasteiger partial charge in [-0.15, -0.1) is 0 Å². The molecule has 1 aliphatic carbocycles. The number of nitrogens with one attached hydrogen (secondary N) is 1. The molecule has 0 spiro atoms. The standard InChI is InChI=1S/C14H25F3N2O/c15-14(16,17)11-20-9-1-6-19-7-4-13(5-8-19)18-10-12-2-3-12/h12-13,18H,1-11H2. The molecule has 2 aliphatic rings. The summed E-state index contributed by atoms with van der Waals surface area (Å²) in [5, 5.41) is 3.62. The van der Waals surface area contributed by atoms with Crippen LogP contribution < -0.4 is 5.32 Å². The average Bonchev–Trinajstić information content (AvgIpc) is 3.20. The number of ether oxygens (including phenoxy) is 1. The van der Waals surface area contributed by atoms with E-state index in [9.17, 15) is 13.2 Å². The third-order valence-corrected chi connectivity index (χ3v) is 4.01. The Bertz CT molecular complexity index is 274. The van der Waals surface area contributed by atoms with Crippen molar-refractivity contribution in [2.24, 2.45) is 5.92 Å². The highest BCUT2D eigenvalue weighted by molar-refractivity contribution is 4.81. The van der Waals surface area contributed by atoms with Crippen molar-refractivity contribution in [2.45, 2.75) is 44.3 Å². The summed E-state index contributed by atoms with van der Waals surface area (Å²) < 4.78 is 40.2. The predicted octanol–water partition coefficient (Wildman–Crippen LogP) is 2.42. The van der Waals surface area contributed by atoms with Crippen LogP contribution in [0, 0.1) is 5.92 Å². The topological polar surface area (TPSA) is 24.5 Å². The van der Waals surface area contributed by atoms with Gasteiger partial charge in [-0.3, -0.25) is 0 Å². The third-order valence-electron chi connectivity index (χ3n) is 4.01. The van der Waals surface area contributed by atoms with Crippen molar-refractivity contribution >= 4 is 0 Å². The van der Waals surface area contributed by atoms with Gasteiger partial charge in [0.1, 0.15) is 6.61 Å². The maximum atomic E-state index is 11.9. The van der Waals surface area contributed by atoms with Crippen LogP contribution in [0.15, 0.2) is 0 Å². The second-order valence-electron chi connectivity index (χ2n) is 5.99. The minimum atomic E-state index is -4.20. The van der Waals surface area contributed by atoms with Gasteiger partial charge in [-0.2, -0.15) is 13.2 Å². The number of alkyl halides is 3. The maximum absolute atomic E-state index is 11.9. The molecule has 0 aromatic heterocycles. The molecular weight excluding hydrogens is 269 g/mol. The molecule has 0 atom stereocenters. The van der Waals surface area contributed by atoms with Crippen LogP contribution >= 0.6 is 0 Å². The molecule has 2 rings (SSSR count). The van der Waals surface area contributed by atoms with Crippen LogP contribution in [-0.4, -0.2) is 56.5 Å². The summed E-state index contributed by atoms with van der Waals surface area (Å²) in [4.78, 5) is 2.33. The first-order valence-corrected chi connectivity index (χ1v) is 7.63. The predicted molar refractivity (Wildman–Crippen MR) is 71.7 cm³/mol. The van der Waals surface area contributed by atoms with Gasteiger partial charge in [0.15, 0.2) is 0 Å². The molecule has 0 bridgehead atoms. The SMILES string of the molecule is FC(F)(F)COCCCN1CCC(NCC2CC2)CC1. The van der Waals surface area contributed by atoms with E-state index in [1.165, 1.54) is 12.8 Å². The molecule has 3 nitrogen and oxygen atoms in total. The fourth-order valence-electron chi connectivity index (χ4n) is 2.59. The fourth-order valence-corrected chi connectivity index (χ4v) is 2.59. The number of likely N-dealkylation sites (tertiary alicyclic amines) is 1. The number of piperidine rings is 1. The zero-order valence-corrected chi connectivity index (χ0v) is 11.9. The summed E-state index contributed by atoms with van der Waals surface area (Å²) in [5.74, 6) is 0.916. The molecule has 1 aliphatic heterocycles. The van der Waals surface area contributed by atoms with E-state index in [0.717, 1.165) is 44.9 Å². The largest absolute Gasteiger partial charge is 0.411 e. The van der Waals surface area contributed by atoms with Crippen LogP contribution in [0.4, 0.5) is 13.2 Å². The van der Waals surface area contributed by atoms with Crippen LogP contribution in [0.3, 0.4) is 0 Å². The lowest BCUT2D eigenvalue weighted by atomic mass is 10.0. The van der Waals surface area contributed by atoms with E-state index in [2.05, 4.69) is 15.0 Å². The molecular formula is C14H25F3N2O. The highest BCUT2D eigenvalue weighted by atomic mass is 19.4. The Morgan fingerprint density at radius 2 is 1.80 bits per heavy atom. The van der Waals surface area contributed by atoms with Gasteiger partial charge < -0.3 is 15.0 Å². The van der Waals surface area contributed by atoms with E-state index in [0.29, 0.717) is 12.5 Å². The van der Waals surface area contributed by atoms with Gasteiger partial charge in [-0.05, 0) is 57.7 Å². The summed E-state index contributed by atoms with van der Waals surface area (Å²) in [6.07, 6.45) is 1.53. The Balaban J connectivity index is 1.44. The Kier molecular flexibility index (Phi) is 6.11. The normalized spacial score (nSPS) is 22.4. The van der Waals surface area contributed by atoms with Crippen molar-refractivity contribution in [3.8, 4) is 0 Å². The summed E-state index contributed by atoms with van der Waals surface area (Å²) in [7, 11) is 0. The monoisotopic (exact) mass is 294 g/mol. The van der Waals surface area contributed by atoms with Crippen LogP contribution in [0.25, 0.3) is 0 Å². The summed E-state index contributed by atoms with van der Waals surface area (Å²) in [6.45, 7) is 3.16. The summed E-state index contributed by atoms with van der Waals surface area (Å²) in [5.41, 5.74) is 0. The van der Waals surface area contributed by atoms with E-state index in [1.807, 2.05) is 0 Å². The minimum Gasteiger partial charge on any atom is -0.372 e. The second kappa shape index (κ2) is 7.61. The lowest BCUT2D eigenvalue weighted by Gasteiger charge is -2.32. The smallest absolute Gasteiger partial charge is 0.372 e. The van der Waals surface area contributed by atoms with E-state index < -0.39 is 12.8 Å². The molecule has 0 aromatic carbocycles. The van der Waals surface area contributed by atoms with Gasteiger partial charge in [0.05, 0.1) is 0 Å². The molecule has 1 heterocycles. The number of nitrogens with zero attached hydrogens (tertiary/aromatic N) is 1. The van der Waals surface area contributed by atoms with Crippen molar-refractivity contribution in [1.29, 1.82) is 0 Å². The highest BCUT2D eigenvalue weighted by Crippen LogP contribution is 2.28. The summed E-state index contributed by atoms with van der Waals surface area (Å²) >= 11 is 0. The van der Waals surface area contributed by atoms with Gasteiger partial charge in [-0.1, -0.05) is 0 Å². The van der Waals surface area contributed by atoms with Crippen LogP contribution in [0.2, 0.25) is 0 Å². The Hall–Kier alpha value is -0.330. The third kappa shape index (κ3) is 6.90. The van der Waals surface area contributed by atoms with Crippen molar-refractivity contribution in [3.05, 3.63) is 0 Å². The van der Waals surface area contributed by atoms with Gasteiger partial charge in [-0.25, -0.2) is 0 Å². The highest BCUT2D eigenvalue weighted by Gasteiger charge is 2.27.